The number of rotatable bonds is 4. The number of benzene rings is 1. The van der Waals surface area contributed by atoms with Crippen molar-refractivity contribution in [3.05, 3.63) is 46.9 Å². The Morgan fingerprint density at radius 1 is 1.29 bits per heavy atom. The highest BCUT2D eigenvalue weighted by Crippen LogP contribution is 2.28. The molecule has 0 aliphatic carbocycles. The summed E-state index contributed by atoms with van der Waals surface area (Å²) in [6, 6.07) is 6.38. The Morgan fingerprint density at radius 3 is 2.64 bits per heavy atom. The number of hydrogen-bond donors (Lipinski definition) is 0. The average Bonchev–Trinajstić information content (AvgIpc) is 3.08. The second kappa shape index (κ2) is 8.39. The fourth-order valence-corrected chi connectivity index (χ4v) is 3.26. The minimum Gasteiger partial charge on any atom is -0.473 e. The average molecular weight is 410 g/mol. The van der Waals surface area contributed by atoms with E-state index < -0.39 is 11.4 Å². The molecule has 28 heavy (non-hydrogen) atoms. The molecule has 1 aromatic carbocycles. The molecular formula is C20H25ClFN3O3. The van der Waals surface area contributed by atoms with E-state index in [1.165, 1.54) is 6.07 Å². The van der Waals surface area contributed by atoms with Gasteiger partial charge in [0, 0.05) is 29.7 Å². The lowest BCUT2D eigenvalue weighted by Crippen LogP contribution is -2.42. The number of halogens is 2. The molecule has 0 radical (unpaired) electrons. The molecule has 1 amide bonds. The van der Waals surface area contributed by atoms with Gasteiger partial charge in [-0.1, -0.05) is 17.7 Å². The number of likely N-dealkylation sites (tertiary alicyclic amines) is 1. The zero-order chi connectivity index (χ0) is 20.3. The zero-order valence-corrected chi connectivity index (χ0v) is 17.1. The van der Waals surface area contributed by atoms with Gasteiger partial charge in [0.25, 0.3) is 0 Å². The first-order valence-electron chi connectivity index (χ1n) is 9.31. The van der Waals surface area contributed by atoms with E-state index in [1.54, 1.807) is 34.0 Å². The Balaban J connectivity index is 1.58. The molecule has 1 aromatic heterocycles. The first-order valence-corrected chi connectivity index (χ1v) is 9.69. The molecule has 2 heterocycles. The second-order valence-electron chi connectivity index (χ2n) is 7.84. The van der Waals surface area contributed by atoms with E-state index in [2.05, 4.69) is 5.10 Å². The molecule has 0 atom stereocenters. The van der Waals surface area contributed by atoms with E-state index in [-0.39, 0.29) is 18.7 Å². The molecule has 0 saturated carbocycles. The summed E-state index contributed by atoms with van der Waals surface area (Å²) >= 11 is 5.78. The van der Waals surface area contributed by atoms with Crippen LogP contribution in [0.25, 0.3) is 0 Å². The topological polar surface area (TPSA) is 56.6 Å². The molecule has 6 nitrogen and oxygen atoms in total. The van der Waals surface area contributed by atoms with Crippen LogP contribution in [0.2, 0.25) is 5.02 Å². The lowest BCUT2D eigenvalue weighted by atomic mass is 10.1. The number of carbonyl (C=O) groups is 1. The van der Waals surface area contributed by atoms with Crippen LogP contribution in [-0.4, -0.2) is 39.5 Å². The Labute approximate surface area is 169 Å². The summed E-state index contributed by atoms with van der Waals surface area (Å²) in [5.74, 6) is 0.175. The monoisotopic (exact) mass is 409 g/mol. The van der Waals surface area contributed by atoms with E-state index in [4.69, 9.17) is 21.1 Å². The summed E-state index contributed by atoms with van der Waals surface area (Å²) in [5.41, 5.74) is -0.0784. The van der Waals surface area contributed by atoms with Crippen molar-refractivity contribution in [2.75, 3.05) is 13.1 Å². The number of hydrogen-bond acceptors (Lipinski definition) is 4. The minimum atomic E-state index is -0.506. The Kier molecular flexibility index (Phi) is 6.13. The van der Waals surface area contributed by atoms with E-state index in [9.17, 15) is 9.18 Å². The molecule has 0 bridgehead atoms. The van der Waals surface area contributed by atoms with Gasteiger partial charge in [-0.3, -0.25) is 0 Å². The number of amides is 1. The summed E-state index contributed by atoms with van der Waals surface area (Å²) in [7, 11) is 0. The molecule has 8 heteroatoms. The predicted molar refractivity (Wildman–Crippen MR) is 104 cm³/mol. The molecule has 1 fully saturated rings. The highest BCUT2D eigenvalue weighted by molar-refractivity contribution is 6.30. The summed E-state index contributed by atoms with van der Waals surface area (Å²) in [6.07, 6.45) is 2.86. The molecule has 152 valence electrons. The molecular weight excluding hydrogens is 385 g/mol. The maximum atomic E-state index is 13.9. The van der Waals surface area contributed by atoms with Gasteiger partial charge in [-0.05, 0) is 45.7 Å². The van der Waals surface area contributed by atoms with Gasteiger partial charge >= 0.3 is 6.09 Å². The fraction of sp³-hybridized carbons (Fsp3) is 0.500. The second-order valence-corrected chi connectivity index (χ2v) is 8.27. The van der Waals surface area contributed by atoms with Crippen LogP contribution in [0.1, 0.15) is 45.2 Å². The van der Waals surface area contributed by atoms with Gasteiger partial charge in [0.15, 0.2) is 0 Å². The molecule has 2 aromatic rings. The number of piperidine rings is 1. The highest BCUT2D eigenvalue weighted by atomic mass is 35.5. The van der Waals surface area contributed by atoms with Crippen molar-refractivity contribution in [2.45, 2.75) is 51.9 Å². The van der Waals surface area contributed by atoms with Gasteiger partial charge in [0.1, 0.15) is 18.0 Å². The Hall–Kier alpha value is -2.28. The van der Waals surface area contributed by atoms with Gasteiger partial charge in [0.05, 0.1) is 12.2 Å². The summed E-state index contributed by atoms with van der Waals surface area (Å²) in [5, 5.41) is 4.71. The summed E-state index contributed by atoms with van der Waals surface area (Å²) < 4.78 is 27.0. The van der Waals surface area contributed by atoms with Crippen molar-refractivity contribution in [1.29, 1.82) is 0 Å². The fourth-order valence-electron chi connectivity index (χ4n) is 3.10. The quantitative estimate of drug-likeness (QED) is 0.725. The smallest absolute Gasteiger partial charge is 0.410 e. The van der Waals surface area contributed by atoms with Gasteiger partial charge in [-0.15, -0.1) is 0 Å². The zero-order valence-electron chi connectivity index (χ0n) is 16.3. The van der Waals surface area contributed by atoms with Crippen LogP contribution in [-0.2, 0) is 11.3 Å². The number of nitrogens with zero attached hydrogens (tertiary/aromatic N) is 3. The van der Waals surface area contributed by atoms with Crippen molar-refractivity contribution in [3.63, 3.8) is 0 Å². The van der Waals surface area contributed by atoms with Crippen LogP contribution >= 0.6 is 11.6 Å². The predicted octanol–water partition coefficient (Wildman–Crippen LogP) is 4.83. The lowest BCUT2D eigenvalue weighted by molar-refractivity contribution is 0.0182. The van der Waals surface area contributed by atoms with Crippen LogP contribution in [0, 0.1) is 5.82 Å². The SMILES string of the molecule is CC(C)(C)OC(=O)N1CCC(n2nccc2OCc2ccc(Cl)cc2F)CC1. The van der Waals surface area contributed by atoms with Crippen LogP contribution in [0.15, 0.2) is 30.5 Å². The molecule has 1 aliphatic heterocycles. The first kappa shape index (κ1) is 20.5. The molecule has 1 aliphatic rings. The van der Waals surface area contributed by atoms with E-state index in [1.807, 2.05) is 20.8 Å². The van der Waals surface area contributed by atoms with Gasteiger partial charge in [-0.25, -0.2) is 13.9 Å². The van der Waals surface area contributed by atoms with Crippen molar-refractivity contribution in [3.8, 4) is 5.88 Å². The van der Waals surface area contributed by atoms with Crippen molar-refractivity contribution in [2.24, 2.45) is 0 Å². The minimum absolute atomic E-state index is 0.0887. The molecule has 0 N–H and O–H groups in total. The van der Waals surface area contributed by atoms with E-state index >= 15 is 0 Å². The van der Waals surface area contributed by atoms with Crippen LogP contribution < -0.4 is 4.74 Å². The number of carbonyl (C=O) groups excluding carboxylic acids is 1. The van der Waals surface area contributed by atoms with Gasteiger partial charge < -0.3 is 14.4 Å². The summed E-state index contributed by atoms with van der Waals surface area (Å²) in [6.45, 7) is 6.83. The van der Waals surface area contributed by atoms with Crippen molar-refractivity contribution in [1.82, 2.24) is 14.7 Å². The molecule has 1 saturated heterocycles. The van der Waals surface area contributed by atoms with E-state index in [0.717, 1.165) is 12.8 Å². The van der Waals surface area contributed by atoms with Crippen molar-refractivity contribution < 1.29 is 18.7 Å². The van der Waals surface area contributed by atoms with Crippen LogP contribution in [0.3, 0.4) is 0 Å². The standard InChI is InChI=1S/C20H25ClFN3O3/c1-20(2,3)28-19(26)24-10-7-16(8-11-24)25-18(6-9-23-25)27-13-14-4-5-15(21)12-17(14)22/h4-6,9,12,16H,7-8,10-11,13H2,1-3H3. The van der Waals surface area contributed by atoms with Gasteiger partial charge in [-0.2, -0.15) is 5.10 Å². The van der Waals surface area contributed by atoms with Gasteiger partial charge in [0.2, 0.25) is 5.88 Å². The number of aromatic nitrogens is 2. The van der Waals surface area contributed by atoms with E-state index in [0.29, 0.717) is 29.6 Å². The lowest BCUT2D eigenvalue weighted by Gasteiger charge is -2.33. The normalized spacial score (nSPS) is 15.5. The largest absolute Gasteiger partial charge is 0.473 e. The number of ether oxygens (including phenoxy) is 2. The Morgan fingerprint density at radius 2 is 2.00 bits per heavy atom. The molecule has 3 rings (SSSR count). The van der Waals surface area contributed by atoms with Crippen molar-refractivity contribution >= 4 is 17.7 Å². The first-order chi connectivity index (χ1) is 13.2. The molecule has 0 unspecified atom stereocenters. The third-order valence-corrected chi connectivity index (χ3v) is 4.72. The molecule has 0 spiro atoms. The highest BCUT2D eigenvalue weighted by Gasteiger charge is 2.28. The maximum absolute atomic E-state index is 13.9. The van der Waals surface area contributed by atoms with Crippen LogP contribution in [0.4, 0.5) is 9.18 Å². The summed E-state index contributed by atoms with van der Waals surface area (Å²) in [4.78, 5) is 13.9. The third-order valence-electron chi connectivity index (χ3n) is 4.49. The third kappa shape index (κ3) is 5.16. The maximum Gasteiger partial charge on any atom is 0.410 e. The van der Waals surface area contributed by atoms with Crippen LogP contribution in [0.5, 0.6) is 5.88 Å². The Bertz CT molecular complexity index is 826.